The average molecular weight is 287 g/mol. The number of hydrogen-bond donors (Lipinski definition) is 1. The second-order valence-electron chi connectivity index (χ2n) is 4.82. The second kappa shape index (κ2) is 5.98. The zero-order chi connectivity index (χ0) is 13.9. The van der Waals surface area contributed by atoms with Crippen LogP contribution in [0.2, 0.25) is 0 Å². The highest BCUT2D eigenvalue weighted by Crippen LogP contribution is 2.18. The Balaban J connectivity index is 2.06. The minimum atomic E-state index is -3.36. The predicted molar refractivity (Wildman–Crippen MR) is 70.8 cm³/mol. The number of benzene rings is 1. The lowest BCUT2D eigenvalue weighted by atomic mass is 10.1. The van der Waals surface area contributed by atoms with Gasteiger partial charge in [0.2, 0.25) is 0 Å². The Morgan fingerprint density at radius 1 is 1.42 bits per heavy atom. The van der Waals surface area contributed by atoms with Crippen LogP contribution in [0.15, 0.2) is 18.2 Å². The molecule has 1 aliphatic rings. The summed E-state index contributed by atoms with van der Waals surface area (Å²) in [5, 5.41) is 0. The lowest BCUT2D eigenvalue weighted by Crippen LogP contribution is -2.21. The van der Waals surface area contributed by atoms with Gasteiger partial charge in [0.25, 0.3) is 0 Å². The Bertz CT molecular complexity index is 539. The summed E-state index contributed by atoms with van der Waals surface area (Å²) in [6, 6.07) is 4.43. The van der Waals surface area contributed by atoms with Crippen molar-refractivity contribution in [1.29, 1.82) is 0 Å². The molecule has 0 spiro atoms. The summed E-state index contributed by atoms with van der Waals surface area (Å²) in [7, 11) is -3.36. The monoisotopic (exact) mass is 287 g/mol. The summed E-state index contributed by atoms with van der Waals surface area (Å²) in [5.41, 5.74) is 6.24. The van der Waals surface area contributed by atoms with Gasteiger partial charge < -0.3 is 10.5 Å². The van der Waals surface area contributed by atoms with Crippen molar-refractivity contribution in [3.05, 3.63) is 35.1 Å². The van der Waals surface area contributed by atoms with E-state index < -0.39 is 15.7 Å². The van der Waals surface area contributed by atoms with E-state index in [0.717, 1.165) is 12.8 Å². The first-order valence-corrected chi connectivity index (χ1v) is 8.12. The first kappa shape index (κ1) is 14.4. The maximum Gasteiger partial charge on any atom is 0.157 e. The standard InChI is InChI=1S/C13H18FNO3S/c14-13-6-10(7-15)3-4-11(13)8-19(16,17)9-12-2-1-5-18-12/h3-4,6,12H,1-2,5,7-9,15H2. The first-order chi connectivity index (χ1) is 9.00. The molecule has 2 N–H and O–H groups in total. The van der Waals surface area contributed by atoms with E-state index in [0.29, 0.717) is 12.2 Å². The van der Waals surface area contributed by atoms with Crippen molar-refractivity contribution in [2.75, 3.05) is 12.4 Å². The van der Waals surface area contributed by atoms with E-state index in [2.05, 4.69) is 0 Å². The van der Waals surface area contributed by atoms with Crippen LogP contribution in [0.25, 0.3) is 0 Å². The molecule has 1 atom stereocenters. The lowest BCUT2D eigenvalue weighted by molar-refractivity contribution is 0.127. The maximum absolute atomic E-state index is 13.7. The van der Waals surface area contributed by atoms with Crippen molar-refractivity contribution in [2.45, 2.75) is 31.2 Å². The molecule has 0 amide bonds. The number of nitrogens with two attached hydrogens (primary N) is 1. The highest BCUT2D eigenvalue weighted by atomic mass is 32.2. The number of hydrogen-bond acceptors (Lipinski definition) is 4. The highest BCUT2D eigenvalue weighted by molar-refractivity contribution is 7.90. The third-order valence-corrected chi connectivity index (χ3v) is 4.82. The molecule has 1 aliphatic heterocycles. The van der Waals surface area contributed by atoms with Crippen LogP contribution in [0.5, 0.6) is 0 Å². The molecule has 1 fully saturated rings. The molecule has 0 aromatic heterocycles. The van der Waals surface area contributed by atoms with Gasteiger partial charge in [-0.1, -0.05) is 12.1 Å². The summed E-state index contributed by atoms with van der Waals surface area (Å²) < 4.78 is 43.0. The zero-order valence-corrected chi connectivity index (χ0v) is 11.5. The molecule has 1 aromatic carbocycles. The van der Waals surface area contributed by atoms with Gasteiger partial charge in [-0.05, 0) is 24.5 Å². The Morgan fingerprint density at radius 2 is 2.21 bits per heavy atom. The molecule has 0 radical (unpaired) electrons. The Hall–Kier alpha value is -0.980. The molecule has 6 heteroatoms. The summed E-state index contributed by atoms with van der Waals surface area (Å²) in [5.74, 6) is -0.840. The van der Waals surface area contributed by atoms with Crippen LogP contribution < -0.4 is 5.73 Å². The summed E-state index contributed by atoms with van der Waals surface area (Å²) >= 11 is 0. The lowest BCUT2D eigenvalue weighted by Gasteiger charge is -2.11. The van der Waals surface area contributed by atoms with E-state index in [4.69, 9.17) is 10.5 Å². The Morgan fingerprint density at radius 3 is 2.79 bits per heavy atom. The molecule has 0 aliphatic carbocycles. The molecule has 0 saturated carbocycles. The molecule has 1 unspecified atom stereocenters. The van der Waals surface area contributed by atoms with Gasteiger partial charge in [-0.25, -0.2) is 12.8 Å². The number of sulfone groups is 1. The minimum Gasteiger partial charge on any atom is -0.377 e. The van der Waals surface area contributed by atoms with Crippen LogP contribution in [0.3, 0.4) is 0 Å². The molecule has 1 heterocycles. The van der Waals surface area contributed by atoms with Gasteiger partial charge in [-0.2, -0.15) is 0 Å². The fraction of sp³-hybridized carbons (Fsp3) is 0.538. The van der Waals surface area contributed by atoms with E-state index in [1.165, 1.54) is 12.1 Å². The summed E-state index contributed by atoms with van der Waals surface area (Å²) in [6.07, 6.45) is 1.41. The van der Waals surface area contributed by atoms with E-state index in [1.807, 2.05) is 0 Å². The van der Waals surface area contributed by atoms with Crippen molar-refractivity contribution in [3.63, 3.8) is 0 Å². The van der Waals surface area contributed by atoms with Crippen LogP contribution >= 0.6 is 0 Å². The van der Waals surface area contributed by atoms with Gasteiger partial charge in [-0.3, -0.25) is 0 Å². The van der Waals surface area contributed by atoms with E-state index in [-0.39, 0.29) is 29.7 Å². The zero-order valence-electron chi connectivity index (χ0n) is 10.6. The molecule has 1 aromatic rings. The van der Waals surface area contributed by atoms with E-state index in [1.54, 1.807) is 6.07 Å². The topological polar surface area (TPSA) is 69.4 Å². The van der Waals surface area contributed by atoms with Gasteiger partial charge in [0.1, 0.15) is 5.82 Å². The third-order valence-electron chi connectivity index (χ3n) is 3.19. The molecular weight excluding hydrogens is 269 g/mol. The summed E-state index contributed by atoms with van der Waals surface area (Å²) in [6.45, 7) is 0.847. The number of ether oxygens (including phenoxy) is 1. The quantitative estimate of drug-likeness (QED) is 0.888. The Labute approximate surface area is 112 Å². The third kappa shape index (κ3) is 3.99. The molecule has 2 rings (SSSR count). The van der Waals surface area contributed by atoms with Crippen LogP contribution in [0.1, 0.15) is 24.0 Å². The van der Waals surface area contributed by atoms with E-state index >= 15 is 0 Å². The Kier molecular flexibility index (Phi) is 4.54. The van der Waals surface area contributed by atoms with Gasteiger partial charge in [0, 0.05) is 18.7 Å². The van der Waals surface area contributed by atoms with Crippen molar-refractivity contribution in [1.82, 2.24) is 0 Å². The molecule has 4 nitrogen and oxygen atoms in total. The van der Waals surface area contributed by atoms with Crippen molar-refractivity contribution < 1.29 is 17.5 Å². The molecule has 0 bridgehead atoms. The van der Waals surface area contributed by atoms with Crippen molar-refractivity contribution in [3.8, 4) is 0 Å². The molecule has 106 valence electrons. The van der Waals surface area contributed by atoms with Crippen molar-refractivity contribution >= 4 is 9.84 Å². The van der Waals surface area contributed by atoms with E-state index in [9.17, 15) is 12.8 Å². The second-order valence-corrected chi connectivity index (χ2v) is 6.93. The first-order valence-electron chi connectivity index (χ1n) is 6.29. The highest BCUT2D eigenvalue weighted by Gasteiger charge is 2.24. The smallest absolute Gasteiger partial charge is 0.157 e. The van der Waals surface area contributed by atoms with Gasteiger partial charge in [0.05, 0.1) is 17.6 Å². The SMILES string of the molecule is NCc1ccc(CS(=O)(=O)CC2CCCO2)c(F)c1. The number of rotatable bonds is 5. The number of halogens is 1. The fourth-order valence-electron chi connectivity index (χ4n) is 2.19. The van der Waals surface area contributed by atoms with Crippen LogP contribution in [0, 0.1) is 5.82 Å². The van der Waals surface area contributed by atoms with Crippen LogP contribution in [-0.4, -0.2) is 26.9 Å². The van der Waals surface area contributed by atoms with Crippen molar-refractivity contribution in [2.24, 2.45) is 5.73 Å². The molecule has 1 saturated heterocycles. The van der Waals surface area contributed by atoms with Gasteiger partial charge in [0.15, 0.2) is 9.84 Å². The summed E-state index contributed by atoms with van der Waals surface area (Å²) in [4.78, 5) is 0. The fourth-order valence-corrected chi connectivity index (χ4v) is 3.84. The predicted octanol–water partition coefficient (Wildman–Crippen LogP) is 1.38. The van der Waals surface area contributed by atoms with Gasteiger partial charge >= 0.3 is 0 Å². The van der Waals surface area contributed by atoms with Crippen LogP contribution in [-0.2, 0) is 26.9 Å². The normalized spacial score (nSPS) is 19.8. The molecule has 19 heavy (non-hydrogen) atoms. The maximum atomic E-state index is 13.7. The average Bonchev–Trinajstić information content (AvgIpc) is 2.83. The minimum absolute atomic E-state index is 0.0366. The van der Waals surface area contributed by atoms with Gasteiger partial charge in [-0.15, -0.1) is 0 Å². The largest absolute Gasteiger partial charge is 0.377 e. The van der Waals surface area contributed by atoms with Crippen LogP contribution in [0.4, 0.5) is 4.39 Å². The molecular formula is C13H18FNO3S.